The molecule has 0 atom stereocenters. The third-order valence-corrected chi connectivity index (χ3v) is 2.05. The van der Waals surface area contributed by atoms with Crippen molar-refractivity contribution in [2.45, 2.75) is 13.3 Å². The van der Waals surface area contributed by atoms with E-state index in [2.05, 4.69) is 11.1 Å². The maximum Gasteiger partial charge on any atom is 0.142 e. The molecular weight excluding hydrogens is 188 g/mol. The summed E-state index contributed by atoms with van der Waals surface area (Å²) >= 11 is 0. The first kappa shape index (κ1) is 11.0. The lowest BCUT2D eigenvalue weighted by Gasteiger charge is -2.20. The molecule has 0 amide bonds. The van der Waals surface area contributed by atoms with Gasteiger partial charge in [0.05, 0.1) is 12.5 Å². The van der Waals surface area contributed by atoms with Crippen molar-refractivity contribution in [1.29, 1.82) is 10.5 Å². The Hall–Kier alpha value is -2.07. The smallest absolute Gasteiger partial charge is 0.142 e. The highest BCUT2D eigenvalue weighted by molar-refractivity contribution is 5.41. The summed E-state index contributed by atoms with van der Waals surface area (Å²) in [6.45, 7) is 3.43. The second-order valence-corrected chi connectivity index (χ2v) is 2.98. The number of pyridine rings is 1. The molecule has 0 aliphatic rings. The monoisotopic (exact) mass is 200 g/mol. The summed E-state index contributed by atoms with van der Waals surface area (Å²) in [4.78, 5) is 6.15. The Labute approximate surface area is 89.4 Å². The molecule has 4 heteroatoms. The second-order valence-electron chi connectivity index (χ2n) is 2.98. The fourth-order valence-electron chi connectivity index (χ4n) is 1.28. The fraction of sp³-hybridized carbons (Fsp3) is 0.364. The Kier molecular flexibility index (Phi) is 4.12. The van der Waals surface area contributed by atoms with Crippen LogP contribution < -0.4 is 4.90 Å². The molecule has 1 rings (SSSR count). The number of hydrogen-bond donors (Lipinski definition) is 0. The average molecular weight is 200 g/mol. The van der Waals surface area contributed by atoms with Crippen LogP contribution in [0.1, 0.15) is 19.0 Å². The van der Waals surface area contributed by atoms with Crippen LogP contribution >= 0.6 is 0 Å². The van der Waals surface area contributed by atoms with Crippen LogP contribution in [0.4, 0.5) is 5.82 Å². The number of rotatable bonds is 4. The zero-order valence-corrected chi connectivity index (χ0v) is 8.64. The predicted octanol–water partition coefficient (Wildman–Crippen LogP) is 1.69. The van der Waals surface area contributed by atoms with E-state index in [4.69, 9.17) is 10.5 Å². The third kappa shape index (κ3) is 2.96. The van der Waals surface area contributed by atoms with E-state index in [-0.39, 0.29) is 0 Å². The van der Waals surface area contributed by atoms with E-state index in [0.717, 1.165) is 12.4 Å². The van der Waals surface area contributed by atoms with Gasteiger partial charge in [-0.25, -0.2) is 4.98 Å². The lowest BCUT2D eigenvalue weighted by atomic mass is 10.3. The highest BCUT2D eigenvalue weighted by atomic mass is 15.2. The van der Waals surface area contributed by atoms with Crippen molar-refractivity contribution in [1.82, 2.24) is 4.98 Å². The van der Waals surface area contributed by atoms with Crippen molar-refractivity contribution < 1.29 is 0 Å². The Morgan fingerprint density at radius 3 is 2.80 bits per heavy atom. The van der Waals surface area contributed by atoms with E-state index >= 15 is 0 Å². The van der Waals surface area contributed by atoms with Gasteiger partial charge < -0.3 is 4.90 Å². The third-order valence-electron chi connectivity index (χ3n) is 2.05. The minimum absolute atomic E-state index is 0.405. The van der Waals surface area contributed by atoms with Crippen molar-refractivity contribution in [3.8, 4) is 12.1 Å². The first-order valence-corrected chi connectivity index (χ1v) is 4.81. The van der Waals surface area contributed by atoms with Crippen LogP contribution in [0.3, 0.4) is 0 Å². The lowest BCUT2D eigenvalue weighted by Crippen LogP contribution is -2.24. The number of nitrogens with zero attached hydrogens (tertiary/aromatic N) is 4. The largest absolute Gasteiger partial charge is 0.356 e. The molecule has 0 unspecified atom stereocenters. The standard InChI is InChI=1S/C11H12N4/c1-2-15(8-4-7-12)11-6-3-5-10(9-13)14-11/h3,5-6H,2,4,8H2,1H3. The molecule has 0 spiro atoms. The normalized spacial score (nSPS) is 9.00. The van der Waals surface area contributed by atoms with Crippen LogP contribution in [0, 0.1) is 22.7 Å². The summed E-state index contributed by atoms with van der Waals surface area (Å²) in [5.74, 6) is 0.756. The molecule has 0 N–H and O–H groups in total. The Morgan fingerprint density at radius 2 is 2.20 bits per heavy atom. The van der Waals surface area contributed by atoms with Crippen molar-refractivity contribution in [2.24, 2.45) is 0 Å². The van der Waals surface area contributed by atoms with Gasteiger partial charge >= 0.3 is 0 Å². The molecule has 0 aromatic carbocycles. The number of nitriles is 2. The van der Waals surface area contributed by atoms with Gasteiger partial charge in [-0.05, 0) is 19.1 Å². The van der Waals surface area contributed by atoms with Crippen molar-refractivity contribution in [2.75, 3.05) is 18.0 Å². The quantitative estimate of drug-likeness (QED) is 0.742. The first-order valence-electron chi connectivity index (χ1n) is 4.81. The molecule has 15 heavy (non-hydrogen) atoms. The van der Waals surface area contributed by atoms with Crippen LogP contribution in [0.5, 0.6) is 0 Å². The summed E-state index contributed by atoms with van der Waals surface area (Å²) in [6.07, 6.45) is 0.465. The molecular formula is C11H12N4. The van der Waals surface area contributed by atoms with Crippen LogP contribution in [-0.2, 0) is 0 Å². The first-order chi connectivity index (χ1) is 7.31. The van der Waals surface area contributed by atoms with E-state index in [0.29, 0.717) is 18.7 Å². The van der Waals surface area contributed by atoms with Gasteiger partial charge in [0, 0.05) is 13.1 Å². The summed E-state index contributed by atoms with van der Waals surface area (Å²) in [7, 11) is 0. The summed E-state index contributed by atoms with van der Waals surface area (Å²) in [6, 6.07) is 9.41. The minimum atomic E-state index is 0.405. The molecule has 76 valence electrons. The van der Waals surface area contributed by atoms with Gasteiger partial charge in [-0.15, -0.1) is 0 Å². The molecule has 0 saturated carbocycles. The fourth-order valence-corrected chi connectivity index (χ4v) is 1.28. The molecule has 0 aliphatic carbocycles. The van der Waals surface area contributed by atoms with Gasteiger partial charge in [0.25, 0.3) is 0 Å². The minimum Gasteiger partial charge on any atom is -0.356 e. The van der Waals surface area contributed by atoms with Crippen LogP contribution in [0.2, 0.25) is 0 Å². The average Bonchev–Trinajstić information content (AvgIpc) is 2.30. The summed E-state index contributed by atoms with van der Waals surface area (Å²) < 4.78 is 0. The number of hydrogen-bond acceptors (Lipinski definition) is 4. The summed E-state index contributed by atoms with van der Waals surface area (Å²) in [5, 5.41) is 17.2. The highest BCUT2D eigenvalue weighted by Crippen LogP contribution is 2.11. The summed E-state index contributed by atoms with van der Waals surface area (Å²) in [5.41, 5.74) is 0.405. The molecule has 0 radical (unpaired) electrons. The molecule has 1 heterocycles. The molecule has 0 fully saturated rings. The van der Waals surface area contributed by atoms with Gasteiger partial charge in [0.1, 0.15) is 17.6 Å². The van der Waals surface area contributed by atoms with Crippen molar-refractivity contribution in [3.63, 3.8) is 0 Å². The van der Waals surface area contributed by atoms with E-state index in [1.54, 1.807) is 12.1 Å². The Balaban J connectivity index is 2.83. The molecule has 1 aromatic heterocycles. The Bertz CT molecular complexity index is 400. The van der Waals surface area contributed by atoms with Crippen molar-refractivity contribution >= 4 is 5.82 Å². The number of anilines is 1. The molecule has 0 aliphatic heterocycles. The van der Waals surface area contributed by atoms with E-state index < -0.39 is 0 Å². The maximum atomic E-state index is 8.71. The van der Waals surface area contributed by atoms with Gasteiger partial charge in [0.2, 0.25) is 0 Å². The number of aromatic nitrogens is 1. The van der Waals surface area contributed by atoms with Gasteiger partial charge in [0.15, 0.2) is 0 Å². The van der Waals surface area contributed by atoms with E-state index in [1.165, 1.54) is 0 Å². The maximum absolute atomic E-state index is 8.71. The highest BCUT2D eigenvalue weighted by Gasteiger charge is 2.05. The van der Waals surface area contributed by atoms with Crippen LogP contribution in [0.25, 0.3) is 0 Å². The van der Waals surface area contributed by atoms with Crippen molar-refractivity contribution in [3.05, 3.63) is 23.9 Å². The zero-order chi connectivity index (χ0) is 11.1. The van der Waals surface area contributed by atoms with Crippen LogP contribution in [-0.4, -0.2) is 18.1 Å². The topological polar surface area (TPSA) is 63.7 Å². The van der Waals surface area contributed by atoms with Gasteiger partial charge in [-0.1, -0.05) is 6.07 Å². The molecule has 1 aromatic rings. The molecule has 4 nitrogen and oxygen atoms in total. The predicted molar refractivity (Wildman–Crippen MR) is 57.1 cm³/mol. The SMILES string of the molecule is CCN(CCC#N)c1cccc(C#N)n1. The van der Waals surface area contributed by atoms with E-state index in [1.807, 2.05) is 24.0 Å². The van der Waals surface area contributed by atoms with Crippen LogP contribution in [0.15, 0.2) is 18.2 Å². The van der Waals surface area contributed by atoms with Gasteiger partial charge in [-0.2, -0.15) is 10.5 Å². The second kappa shape index (κ2) is 5.62. The Morgan fingerprint density at radius 1 is 1.40 bits per heavy atom. The molecule has 0 saturated heterocycles. The van der Waals surface area contributed by atoms with E-state index in [9.17, 15) is 0 Å². The molecule has 0 bridgehead atoms. The lowest BCUT2D eigenvalue weighted by molar-refractivity contribution is 0.810. The zero-order valence-electron chi connectivity index (χ0n) is 8.64. The van der Waals surface area contributed by atoms with Gasteiger partial charge in [-0.3, -0.25) is 0 Å².